The summed E-state index contributed by atoms with van der Waals surface area (Å²) in [5, 5.41) is 0. The van der Waals surface area contributed by atoms with Gasteiger partial charge in [-0.1, -0.05) is 61.9 Å². The Morgan fingerprint density at radius 2 is 1.08 bits per heavy atom. The fourth-order valence-corrected chi connectivity index (χ4v) is 3.66. The predicted molar refractivity (Wildman–Crippen MR) is 103 cm³/mol. The van der Waals surface area contributed by atoms with Crippen LogP contribution in [0, 0.1) is 0 Å². The lowest BCUT2D eigenvalue weighted by molar-refractivity contribution is 0.298. The molecule has 0 heterocycles. The summed E-state index contributed by atoms with van der Waals surface area (Å²) in [5.74, 6) is 1.25. The van der Waals surface area contributed by atoms with Crippen LogP contribution in [0.5, 0.6) is 17.2 Å². The van der Waals surface area contributed by atoms with E-state index < -0.39 is 7.82 Å². The molecule has 3 aromatic carbocycles. The summed E-state index contributed by atoms with van der Waals surface area (Å²) in [4.78, 5) is 0. The van der Waals surface area contributed by atoms with Crippen molar-refractivity contribution in [3.05, 3.63) is 90.5 Å². The second-order valence-corrected chi connectivity index (χ2v) is 7.18. The van der Waals surface area contributed by atoms with Gasteiger partial charge in [-0.15, -0.1) is 0 Å². The molecule has 5 heteroatoms. The molecule has 0 fully saturated rings. The average molecular weight is 368 g/mol. The molecule has 3 rings (SSSR count). The second-order valence-electron chi connectivity index (χ2n) is 5.74. The number of benzene rings is 3. The van der Waals surface area contributed by atoms with Crippen molar-refractivity contribution >= 4 is 7.82 Å². The van der Waals surface area contributed by atoms with E-state index in [1.807, 2.05) is 24.3 Å². The van der Waals surface area contributed by atoms with Gasteiger partial charge in [0.05, 0.1) is 0 Å². The monoisotopic (exact) mass is 368 g/mol. The van der Waals surface area contributed by atoms with E-state index in [4.69, 9.17) is 13.6 Å². The first kappa shape index (κ1) is 18.1. The van der Waals surface area contributed by atoms with Crippen molar-refractivity contribution in [1.82, 2.24) is 0 Å². The Bertz CT molecular complexity index is 803. The van der Waals surface area contributed by atoms with Crippen LogP contribution in [0.2, 0.25) is 0 Å². The molecule has 0 amide bonds. The molecule has 0 aromatic heterocycles. The van der Waals surface area contributed by atoms with Gasteiger partial charge in [-0.3, -0.25) is 0 Å². The number of phosphoric acid groups is 1. The molecule has 0 radical (unpaired) electrons. The largest absolute Gasteiger partial charge is 0.647 e. The maximum absolute atomic E-state index is 13.3. The lowest BCUT2D eigenvalue weighted by Gasteiger charge is -2.19. The van der Waals surface area contributed by atoms with Crippen LogP contribution >= 0.6 is 7.82 Å². The molecule has 0 saturated carbocycles. The summed E-state index contributed by atoms with van der Waals surface area (Å²) >= 11 is 0. The van der Waals surface area contributed by atoms with Gasteiger partial charge in [0.25, 0.3) is 0 Å². The van der Waals surface area contributed by atoms with Crippen LogP contribution in [0.1, 0.15) is 18.9 Å². The van der Waals surface area contributed by atoms with Gasteiger partial charge in [0.1, 0.15) is 17.2 Å². The molecule has 0 aliphatic heterocycles. The highest BCUT2D eigenvalue weighted by molar-refractivity contribution is 7.49. The molecule has 4 nitrogen and oxygen atoms in total. The second kappa shape index (κ2) is 8.59. The minimum absolute atomic E-state index is 0.411. The van der Waals surface area contributed by atoms with Crippen LogP contribution in [-0.4, -0.2) is 0 Å². The van der Waals surface area contributed by atoms with Crippen molar-refractivity contribution in [3.8, 4) is 17.2 Å². The van der Waals surface area contributed by atoms with Crippen molar-refractivity contribution in [2.45, 2.75) is 19.8 Å². The Hall–Kier alpha value is -2.71. The van der Waals surface area contributed by atoms with E-state index in [9.17, 15) is 4.57 Å². The maximum Gasteiger partial charge on any atom is 0.647 e. The van der Waals surface area contributed by atoms with Crippen LogP contribution in [0.4, 0.5) is 0 Å². The Morgan fingerprint density at radius 1 is 0.654 bits per heavy atom. The summed E-state index contributed by atoms with van der Waals surface area (Å²) in [6, 6.07) is 25.1. The van der Waals surface area contributed by atoms with E-state index >= 15 is 0 Å². The van der Waals surface area contributed by atoms with Crippen molar-refractivity contribution < 1.29 is 18.1 Å². The van der Waals surface area contributed by atoms with Crippen molar-refractivity contribution in [2.75, 3.05) is 0 Å². The van der Waals surface area contributed by atoms with Gasteiger partial charge in [0.15, 0.2) is 0 Å². The van der Waals surface area contributed by atoms with Gasteiger partial charge < -0.3 is 13.6 Å². The highest BCUT2D eigenvalue weighted by Crippen LogP contribution is 2.49. The van der Waals surface area contributed by atoms with Crippen LogP contribution < -0.4 is 13.6 Å². The van der Waals surface area contributed by atoms with Crippen LogP contribution in [0.15, 0.2) is 84.9 Å². The maximum atomic E-state index is 13.3. The van der Waals surface area contributed by atoms with Crippen molar-refractivity contribution in [3.63, 3.8) is 0 Å². The third kappa shape index (κ3) is 5.14. The molecule has 0 aliphatic rings. The number of hydrogen-bond donors (Lipinski definition) is 0. The van der Waals surface area contributed by atoms with E-state index in [0.717, 1.165) is 12.8 Å². The topological polar surface area (TPSA) is 44.8 Å². The van der Waals surface area contributed by atoms with Crippen LogP contribution in [0.3, 0.4) is 0 Å². The molecule has 0 N–H and O–H groups in total. The fourth-order valence-electron chi connectivity index (χ4n) is 2.41. The molecule has 0 unspecified atom stereocenters. The summed E-state index contributed by atoms with van der Waals surface area (Å²) in [7, 11) is -3.92. The van der Waals surface area contributed by atoms with Gasteiger partial charge in [0.2, 0.25) is 0 Å². The van der Waals surface area contributed by atoms with Crippen LogP contribution in [-0.2, 0) is 11.0 Å². The summed E-state index contributed by atoms with van der Waals surface area (Å²) in [6.45, 7) is 2.13. The molecule has 0 bridgehead atoms. The Balaban J connectivity index is 1.83. The van der Waals surface area contributed by atoms with Crippen LogP contribution in [0.25, 0.3) is 0 Å². The highest BCUT2D eigenvalue weighted by Gasteiger charge is 2.33. The average Bonchev–Trinajstić information content (AvgIpc) is 2.65. The molecular weight excluding hydrogens is 347 g/mol. The summed E-state index contributed by atoms with van der Waals surface area (Å²) < 4.78 is 30.1. The normalized spacial score (nSPS) is 11.0. The molecule has 134 valence electrons. The van der Waals surface area contributed by atoms with E-state index in [2.05, 4.69) is 6.92 Å². The molecule has 0 spiro atoms. The quantitative estimate of drug-likeness (QED) is 0.439. The molecule has 26 heavy (non-hydrogen) atoms. The number of aryl methyl sites for hydroxylation is 1. The molecule has 3 aromatic rings. The van der Waals surface area contributed by atoms with Crippen molar-refractivity contribution in [2.24, 2.45) is 0 Å². The first-order valence-electron chi connectivity index (χ1n) is 8.55. The highest BCUT2D eigenvalue weighted by atomic mass is 31.2. The standard InChI is InChI=1S/C21H21O4P/c1-2-9-18-14-16-21(17-15-18)25-26(22,23-19-10-5-3-6-11-19)24-20-12-7-4-8-13-20/h3-8,10-17H,2,9H2,1H3. The van der Waals surface area contributed by atoms with E-state index in [-0.39, 0.29) is 0 Å². The zero-order chi connectivity index (χ0) is 18.2. The van der Waals surface area contributed by atoms with Gasteiger partial charge in [-0.25, -0.2) is 0 Å². The SMILES string of the molecule is CCCc1ccc(OP(=O)(Oc2ccccc2)Oc2ccccc2)cc1. The molecule has 0 aliphatic carbocycles. The van der Waals surface area contributed by atoms with E-state index in [0.29, 0.717) is 17.2 Å². The zero-order valence-corrected chi connectivity index (χ0v) is 15.5. The van der Waals surface area contributed by atoms with Gasteiger partial charge in [-0.2, -0.15) is 4.57 Å². The third-order valence-corrected chi connectivity index (χ3v) is 4.90. The van der Waals surface area contributed by atoms with Gasteiger partial charge >= 0.3 is 7.82 Å². The Labute approximate surface area is 154 Å². The Kier molecular flexibility index (Phi) is 5.98. The van der Waals surface area contributed by atoms with Gasteiger partial charge in [0, 0.05) is 0 Å². The molecular formula is C21H21O4P. The third-order valence-electron chi connectivity index (χ3n) is 3.60. The summed E-state index contributed by atoms with van der Waals surface area (Å²) in [6.07, 6.45) is 2.05. The minimum atomic E-state index is -3.92. The lowest BCUT2D eigenvalue weighted by atomic mass is 10.1. The molecule has 0 atom stereocenters. The Morgan fingerprint density at radius 3 is 1.50 bits per heavy atom. The molecule has 0 saturated heterocycles. The number of rotatable bonds is 8. The number of phosphoric ester groups is 1. The number of hydrogen-bond acceptors (Lipinski definition) is 4. The van der Waals surface area contributed by atoms with Gasteiger partial charge in [-0.05, 0) is 48.4 Å². The summed E-state index contributed by atoms with van der Waals surface area (Å²) in [5.41, 5.74) is 1.20. The lowest BCUT2D eigenvalue weighted by Crippen LogP contribution is -2.07. The minimum Gasteiger partial charge on any atom is -0.386 e. The predicted octanol–water partition coefficient (Wildman–Crippen LogP) is 6.28. The van der Waals surface area contributed by atoms with Crippen molar-refractivity contribution in [1.29, 1.82) is 0 Å². The van der Waals surface area contributed by atoms with E-state index in [1.165, 1.54) is 5.56 Å². The zero-order valence-electron chi connectivity index (χ0n) is 14.6. The first-order chi connectivity index (χ1) is 12.7. The van der Waals surface area contributed by atoms with E-state index in [1.54, 1.807) is 60.7 Å². The smallest absolute Gasteiger partial charge is 0.386 e. The number of para-hydroxylation sites is 2. The fraction of sp³-hybridized carbons (Fsp3) is 0.143. The first-order valence-corrected chi connectivity index (χ1v) is 10.0.